The number of nitrogens with one attached hydrogen (secondary N) is 2. The maximum atomic E-state index is 11.8. The number of rotatable bonds is 5. The van der Waals surface area contributed by atoms with Crippen molar-refractivity contribution in [2.45, 2.75) is 19.5 Å². The molecule has 0 spiro atoms. The summed E-state index contributed by atoms with van der Waals surface area (Å²) < 4.78 is 4.95. The van der Waals surface area contributed by atoms with Gasteiger partial charge in [0.1, 0.15) is 6.04 Å². The second-order valence-corrected chi connectivity index (χ2v) is 4.25. The van der Waals surface area contributed by atoms with Gasteiger partial charge in [0.2, 0.25) is 5.91 Å². The largest absolute Gasteiger partial charge is 0.459 e. The summed E-state index contributed by atoms with van der Waals surface area (Å²) in [6.07, 6.45) is 4.74. The zero-order valence-corrected chi connectivity index (χ0v) is 11.0. The molecule has 2 amide bonds. The van der Waals surface area contributed by atoms with Crippen molar-refractivity contribution in [1.82, 2.24) is 15.6 Å². The Morgan fingerprint density at radius 1 is 1.35 bits per heavy atom. The fourth-order valence-electron chi connectivity index (χ4n) is 1.59. The zero-order chi connectivity index (χ0) is 14.4. The molecule has 0 aliphatic carbocycles. The van der Waals surface area contributed by atoms with Crippen LogP contribution in [0.4, 0.5) is 0 Å². The van der Waals surface area contributed by atoms with Crippen molar-refractivity contribution in [2.75, 3.05) is 0 Å². The van der Waals surface area contributed by atoms with E-state index in [0.717, 1.165) is 5.56 Å². The number of hydrogen-bond donors (Lipinski definition) is 2. The third-order valence-electron chi connectivity index (χ3n) is 2.68. The molecule has 0 saturated carbocycles. The molecule has 2 heterocycles. The van der Waals surface area contributed by atoms with Gasteiger partial charge in [0.15, 0.2) is 5.76 Å². The summed E-state index contributed by atoms with van der Waals surface area (Å²) in [5.41, 5.74) is 0.894. The van der Waals surface area contributed by atoms with Crippen molar-refractivity contribution in [3.63, 3.8) is 0 Å². The van der Waals surface area contributed by atoms with Crippen LogP contribution in [-0.4, -0.2) is 22.8 Å². The van der Waals surface area contributed by atoms with Crippen LogP contribution in [0.25, 0.3) is 0 Å². The molecular formula is C14H15N3O3. The lowest BCUT2D eigenvalue weighted by Crippen LogP contribution is -2.44. The van der Waals surface area contributed by atoms with E-state index in [1.54, 1.807) is 31.5 Å². The number of hydrogen-bond acceptors (Lipinski definition) is 4. The molecule has 0 bridgehead atoms. The third-order valence-corrected chi connectivity index (χ3v) is 2.68. The van der Waals surface area contributed by atoms with Crippen molar-refractivity contribution in [2.24, 2.45) is 0 Å². The number of nitrogens with zero attached hydrogens (tertiary/aromatic N) is 1. The molecule has 20 heavy (non-hydrogen) atoms. The maximum absolute atomic E-state index is 11.8. The molecule has 2 rings (SSSR count). The van der Waals surface area contributed by atoms with Gasteiger partial charge in [-0.3, -0.25) is 14.6 Å². The first-order chi connectivity index (χ1) is 9.66. The smallest absolute Gasteiger partial charge is 0.287 e. The van der Waals surface area contributed by atoms with Gasteiger partial charge in [0.25, 0.3) is 5.91 Å². The van der Waals surface area contributed by atoms with E-state index in [-0.39, 0.29) is 11.7 Å². The summed E-state index contributed by atoms with van der Waals surface area (Å²) in [7, 11) is 0. The molecule has 2 N–H and O–H groups in total. The number of amides is 2. The molecule has 2 aromatic heterocycles. The summed E-state index contributed by atoms with van der Waals surface area (Å²) in [4.78, 5) is 27.5. The van der Waals surface area contributed by atoms with Crippen LogP contribution >= 0.6 is 0 Å². The van der Waals surface area contributed by atoms with E-state index in [4.69, 9.17) is 4.42 Å². The Balaban J connectivity index is 1.82. The van der Waals surface area contributed by atoms with E-state index in [0.29, 0.717) is 6.54 Å². The number of carbonyl (C=O) groups is 2. The Morgan fingerprint density at radius 2 is 2.20 bits per heavy atom. The number of carbonyl (C=O) groups excluding carboxylic acids is 2. The van der Waals surface area contributed by atoms with Gasteiger partial charge in [-0.1, -0.05) is 6.07 Å². The van der Waals surface area contributed by atoms with Crippen LogP contribution < -0.4 is 10.6 Å². The zero-order valence-electron chi connectivity index (χ0n) is 11.0. The van der Waals surface area contributed by atoms with E-state index < -0.39 is 11.9 Å². The third kappa shape index (κ3) is 3.68. The van der Waals surface area contributed by atoms with Gasteiger partial charge < -0.3 is 15.1 Å². The minimum atomic E-state index is -0.649. The lowest BCUT2D eigenvalue weighted by molar-refractivity contribution is -0.122. The SMILES string of the molecule is C[C@@H](NC(=O)c1ccco1)C(=O)NCc1cccnc1. The Hall–Kier alpha value is -2.63. The first-order valence-electron chi connectivity index (χ1n) is 6.18. The van der Waals surface area contributed by atoms with Crippen molar-refractivity contribution >= 4 is 11.8 Å². The van der Waals surface area contributed by atoms with Crippen LogP contribution in [0.3, 0.4) is 0 Å². The second kappa shape index (κ2) is 6.51. The van der Waals surface area contributed by atoms with Gasteiger partial charge in [0, 0.05) is 18.9 Å². The molecule has 0 radical (unpaired) electrons. The number of furan rings is 1. The lowest BCUT2D eigenvalue weighted by atomic mass is 10.2. The highest BCUT2D eigenvalue weighted by Gasteiger charge is 2.17. The van der Waals surface area contributed by atoms with Crippen LogP contribution in [0.1, 0.15) is 23.0 Å². The van der Waals surface area contributed by atoms with E-state index in [1.165, 1.54) is 12.3 Å². The Bertz CT molecular complexity index is 567. The Labute approximate surface area is 116 Å². The van der Waals surface area contributed by atoms with E-state index in [2.05, 4.69) is 15.6 Å². The molecule has 6 nitrogen and oxygen atoms in total. The van der Waals surface area contributed by atoms with Crippen LogP contribution in [0.2, 0.25) is 0 Å². The summed E-state index contributed by atoms with van der Waals surface area (Å²) in [6, 6.07) is 6.16. The fraction of sp³-hybridized carbons (Fsp3) is 0.214. The van der Waals surface area contributed by atoms with Gasteiger partial charge in [0.05, 0.1) is 6.26 Å². The maximum Gasteiger partial charge on any atom is 0.287 e. The van der Waals surface area contributed by atoms with Crippen molar-refractivity contribution < 1.29 is 14.0 Å². The number of pyridine rings is 1. The molecule has 104 valence electrons. The molecule has 0 aliphatic heterocycles. The average molecular weight is 273 g/mol. The molecular weight excluding hydrogens is 258 g/mol. The highest BCUT2D eigenvalue weighted by atomic mass is 16.3. The predicted octanol–water partition coefficient (Wildman–Crippen LogP) is 1.11. The van der Waals surface area contributed by atoms with Crippen LogP contribution in [0.15, 0.2) is 47.3 Å². The summed E-state index contributed by atoms with van der Waals surface area (Å²) >= 11 is 0. The van der Waals surface area contributed by atoms with Gasteiger partial charge in [-0.15, -0.1) is 0 Å². The summed E-state index contributed by atoms with van der Waals surface area (Å²) in [5.74, 6) is -0.510. The molecule has 0 fully saturated rings. The van der Waals surface area contributed by atoms with E-state index >= 15 is 0 Å². The average Bonchev–Trinajstić information content (AvgIpc) is 3.00. The fourth-order valence-corrected chi connectivity index (χ4v) is 1.59. The summed E-state index contributed by atoms with van der Waals surface area (Å²) in [5, 5.41) is 5.28. The van der Waals surface area contributed by atoms with Crippen molar-refractivity contribution in [3.8, 4) is 0 Å². The minimum absolute atomic E-state index is 0.178. The van der Waals surface area contributed by atoms with Crippen LogP contribution in [-0.2, 0) is 11.3 Å². The van der Waals surface area contributed by atoms with Crippen LogP contribution in [0, 0.1) is 0 Å². The van der Waals surface area contributed by atoms with Gasteiger partial charge >= 0.3 is 0 Å². The predicted molar refractivity (Wildman–Crippen MR) is 71.7 cm³/mol. The van der Waals surface area contributed by atoms with Crippen molar-refractivity contribution in [1.29, 1.82) is 0 Å². The van der Waals surface area contributed by atoms with E-state index in [1.807, 2.05) is 6.07 Å². The monoisotopic (exact) mass is 273 g/mol. The van der Waals surface area contributed by atoms with E-state index in [9.17, 15) is 9.59 Å². The number of aromatic nitrogens is 1. The quantitative estimate of drug-likeness (QED) is 0.854. The Kier molecular flexibility index (Phi) is 4.49. The molecule has 6 heteroatoms. The second-order valence-electron chi connectivity index (χ2n) is 4.25. The molecule has 0 saturated heterocycles. The molecule has 0 aliphatic rings. The van der Waals surface area contributed by atoms with Gasteiger partial charge in [-0.05, 0) is 30.7 Å². The summed E-state index contributed by atoms with van der Waals surface area (Å²) in [6.45, 7) is 1.98. The van der Waals surface area contributed by atoms with Crippen molar-refractivity contribution in [3.05, 3.63) is 54.2 Å². The topological polar surface area (TPSA) is 84.2 Å². The first kappa shape index (κ1) is 13.8. The first-order valence-corrected chi connectivity index (χ1v) is 6.18. The molecule has 1 atom stereocenters. The highest BCUT2D eigenvalue weighted by Crippen LogP contribution is 2.00. The normalized spacial score (nSPS) is 11.7. The van der Waals surface area contributed by atoms with Crippen LogP contribution in [0.5, 0.6) is 0 Å². The Morgan fingerprint density at radius 3 is 2.85 bits per heavy atom. The lowest BCUT2D eigenvalue weighted by Gasteiger charge is -2.13. The molecule has 0 aromatic carbocycles. The molecule has 0 unspecified atom stereocenters. The molecule has 2 aromatic rings. The van der Waals surface area contributed by atoms with Gasteiger partial charge in [-0.2, -0.15) is 0 Å². The highest BCUT2D eigenvalue weighted by molar-refractivity contribution is 5.95. The standard InChI is InChI=1S/C14H15N3O3/c1-10(17-14(19)12-5-3-7-20-12)13(18)16-9-11-4-2-6-15-8-11/h2-8,10H,9H2,1H3,(H,16,18)(H,17,19)/t10-/m1/s1. The van der Waals surface area contributed by atoms with Gasteiger partial charge in [-0.25, -0.2) is 0 Å². The minimum Gasteiger partial charge on any atom is -0.459 e.